The van der Waals surface area contributed by atoms with Crippen LogP contribution in [-0.2, 0) is 20.9 Å². The van der Waals surface area contributed by atoms with Gasteiger partial charge in [0.2, 0.25) is 17.7 Å². The number of likely N-dealkylation sites (tertiary alicyclic amines) is 1. The second kappa shape index (κ2) is 7.84. The summed E-state index contributed by atoms with van der Waals surface area (Å²) in [5, 5.41) is 2.28. The number of nitrogens with zero attached hydrogens (tertiary/aromatic N) is 4. The number of hydrogen-bond donors (Lipinski definition) is 1. The number of halogens is 1. The second-order valence-corrected chi connectivity index (χ2v) is 9.08. The van der Waals surface area contributed by atoms with Crippen molar-refractivity contribution in [3.8, 4) is 0 Å². The van der Waals surface area contributed by atoms with E-state index in [0.717, 1.165) is 13.1 Å². The minimum Gasteiger partial charge on any atom is -0.368 e. The van der Waals surface area contributed by atoms with Crippen molar-refractivity contribution in [3.63, 3.8) is 0 Å². The molecule has 32 heavy (non-hydrogen) atoms. The Bertz CT molecular complexity index is 1000. The van der Waals surface area contributed by atoms with Crippen LogP contribution in [0.5, 0.6) is 0 Å². The minimum absolute atomic E-state index is 0.0599. The quantitative estimate of drug-likeness (QED) is 0.651. The average Bonchev–Trinajstić information content (AvgIpc) is 3.07. The highest BCUT2D eigenvalue weighted by Gasteiger charge is 2.41. The van der Waals surface area contributed by atoms with E-state index >= 15 is 0 Å². The summed E-state index contributed by atoms with van der Waals surface area (Å²) in [7, 11) is 1.99. The number of imide groups is 1. The van der Waals surface area contributed by atoms with E-state index in [1.54, 1.807) is 0 Å². The Kier molecular flexibility index (Phi) is 5.11. The first-order valence-corrected chi connectivity index (χ1v) is 11.0. The molecule has 1 N–H and O–H groups in total. The molecule has 4 aliphatic heterocycles. The number of rotatable bonds is 3. The number of anilines is 1. The number of hydrogen-bond acceptors (Lipinski definition) is 6. The number of carbonyl (C=O) groups is 4. The summed E-state index contributed by atoms with van der Waals surface area (Å²) in [4.78, 5) is 56.8. The van der Waals surface area contributed by atoms with Crippen molar-refractivity contribution in [1.29, 1.82) is 0 Å². The van der Waals surface area contributed by atoms with E-state index in [2.05, 4.69) is 10.2 Å². The van der Waals surface area contributed by atoms with E-state index in [9.17, 15) is 23.6 Å². The number of piperazine rings is 1. The second-order valence-electron chi connectivity index (χ2n) is 9.08. The number of fused-ring (bicyclic) bond motifs is 1. The maximum absolute atomic E-state index is 14.5. The zero-order valence-electron chi connectivity index (χ0n) is 18.0. The monoisotopic (exact) mass is 443 g/mol. The third kappa shape index (κ3) is 3.52. The van der Waals surface area contributed by atoms with Gasteiger partial charge < -0.3 is 19.6 Å². The van der Waals surface area contributed by atoms with E-state index in [0.29, 0.717) is 37.4 Å². The fraction of sp³-hybridized carbons (Fsp3) is 0.545. The molecule has 0 saturated carbocycles. The lowest BCUT2D eigenvalue weighted by atomic mass is 9.99. The van der Waals surface area contributed by atoms with Gasteiger partial charge in [0, 0.05) is 69.0 Å². The number of piperidine rings is 1. The van der Waals surface area contributed by atoms with Gasteiger partial charge in [0.1, 0.15) is 11.9 Å². The molecule has 3 saturated heterocycles. The average molecular weight is 443 g/mol. The lowest BCUT2D eigenvalue weighted by molar-refractivity contribution is -0.141. The molecule has 3 fully saturated rings. The Balaban J connectivity index is 1.32. The highest BCUT2D eigenvalue weighted by Crippen LogP contribution is 2.35. The van der Waals surface area contributed by atoms with Crippen LogP contribution in [0.4, 0.5) is 10.1 Å². The third-order valence-corrected chi connectivity index (χ3v) is 6.94. The van der Waals surface area contributed by atoms with E-state index in [1.807, 2.05) is 16.8 Å². The normalized spacial score (nSPS) is 24.5. The molecule has 5 rings (SSSR count). The standard InChI is InChI=1S/C22H26FN5O4/c1-25-10-13(11-25)21(31)27-6-4-26(5-7-27)18-9-14(23)8-15-16(18)12-28(22(15)32)17-2-3-19(29)24-20(17)30/h8-9,13,17H,2-7,10-12H2,1H3,(H,24,29,30). The maximum atomic E-state index is 14.5. The first-order chi connectivity index (χ1) is 15.3. The Morgan fingerprint density at radius 2 is 1.81 bits per heavy atom. The molecule has 10 heteroatoms. The van der Waals surface area contributed by atoms with Gasteiger partial charge >= 0.3 is 0 Å². The van der Waals surface area contributed by atoms with Gasteiger partial charge in [0.15, 0.2) is 0 Å². The highest BCUT2D eigenvalue weighted by molar-refractivity contribution is 6.06. The van der Waals surface area contributed by atoms with E-state index in [1.165, 1.54) is 17.0 Å². The van der Waals surface area contributed by atoms with Crippen molar-refractivity contribution in [1.82, 2.24) is 20.0 Å². The number of nitrogens with one attached hydrogen (secondary N) is 1. The topological polar surface area (TPSA) is 93.3 Å². The Hall–Kier alpha value is -3.01. The lowest BCUT2D eigenvalue weighted by Crippen LogP contribution is -2.57. The fourth-order valence-electron chi connectivity index (χ4n) is 5.17. The number of carbonyl (C=O) groups excluding carboxylic acids is 4. The summed E-state index contributed by atoms with van der Waals surface area (Å²) in [6, 6.07) is 1.91. The molecule has 0 radical (unpaired) electrons. The Morgan fingerprint density at radius 3 is 2.47 bits per heavy atom. The van der Waals surface area contributed by atoms with Gasteiger partial charge in [-0.25, -0.2) is 4.39 Å². The molecule has 4 aliphatic rings. The zero-order chi connectivity index (χ0) is 22.6. The van der Waals surface area contributed by atoms with Crippen molar-refractivity contribution in [3.05, 3.63) is 29.1 Å². The predicted molar refractivity (Wildman–Crippen MR) is 112 cm³/mol. The van der Waals surface area contributed by atoms with Crippen LogP contribution in [0.2, 0.25) is 0 Å². The van der Waals surface area contributed by atoms with Gasteiger partial charge in [0.25, 0.3) is 5.91 Å². The molecule has 0 aliphatic carbocycles. The molecule has 1 aromatic carbocycles. The molecule has 1 atom stereocenters. The van der Waals surface area contributed by atoms with Crippen LogP contribution >= 0.6 is 0 Å². The van der Waals surface area contributed by atoms with Gasteiger partial charge in [-0.3, -0.25) is 24.5 Å². The van der Waals surface area contributed by atoms with Gasteiger partial charge in [-0.05, 0) is 25.6 Å². The molecular weight excluding hydrogens is 417 g/mol. The van der Waals surface area contributed by atoms with E-state index in [-0.39, 0.29) is 42.7 Å². The van der Waals surface area contributed by atoms with Crippen LogP contribution in [-0.4, -0.2) is 90.7 Å². The molecule has 0 bridgehead atoms. The molecule has 4 amide bonds. The van der Waals surface area contributed by atoms with Crippen molar-refractivity contribution < 1.29 is 23.6 Å². The zero-order valence-corrected chi connectivity index (χ0v) is 18.0. The first-order valence-electron chi connectivity index (χ1n) is 11.0. The van der Waals surface area contributed by atoms with Crippen LogP contribution in [0.1, 0.15) is 28.8 Å². The summed E-state index contributed by atoms with van der Waals surface area (Å²) in [5.74, 6) is -1.50. The van der Waals surface area contributed by atoms with Gasteiger partial charge in [0.05, 0.1) is 5.92 Å². The Labute approximate surface area is 185 Å². The van der Waals surface area contributed by atoms with Gasteiger partial charge in [-0.1, -0.05) is 0 Å². The van der Waals surface area contributed by atoms with E-state index < -0.39 is 23.7 Å². The summed E-state index contributed by atoms with van der Waals surface area (Å²) in [6.45, 7) is 3.98. The Morgan fingerprint density at radius 1 is 1.09 bits per heavy atom. The fourth-order valence-corrected chi connectivity index (χ4v) is 5.17. The van der Waals surface area contributed by atoms with Crippen LogP contribution in [0.3, 0.4) is 0 Å². The number of benzene rings is 1. The van der Waals surface area contributed by atoms with Gasteiger partial charge in [-0.15, -0.1) is 0 Å². The summed E-state index contributed by atoms with van der Waals surface area (Å²) >= 11 is 0. The highest BCUT2D eigenvalue weighted by atomic mass is 19.1. The van der Waals surface area contributed by atoms with Crippen molar-refractivity contribution >= 4 is 29.3 Å². The van der Waals surface area contributed by atoms with Crippen LogP contribution in [0.15, 0.2) is 12.1 Å². The smallest absolute Gasteiger partial charge is 0.255 e. The predicted octanol–water partition coefficient (Wildman–Crippen LogP) is -0.203. The number of amides is 4. The molecule has 1 unspecified atom stereocenters. The third-order valence-electron chi connectivity index (χ3n) is 6.94. The van der Waals surface area contributed by atoms with Gasteiger partial charge in [-0.2, -0.15) is 0 Å². The lowest BCUT2D eigenvalue weighted by Gasteiger charge is -2.42. The SMILES string of the molecule is CN1CC(C(=O)N2CCN(c3cc(F)cc4c3CN(C3CCC(=O)NC3=O)C4=O)CC2)C1. The van der Waals surface area contributed by atoms with Crippen molar-refractivity contribution in [2.24, 2.45) is 5.92 Å². The summed E-state index contributed by atoms with van der Waals surface area (Å²) < 4.78 is 14.5. The summed E-state index contributed by atoms with van der Waals surface area (Å²) in [6.07, 6.45) is 0.434. The van der Waals surface area contributed by atoms with Crippen molar-refractivity contribution in [2.75, 3.05) is 51.2 Å². The molecule has 9 nitrogen and oxygen atoms in total. The first kappa shape index (κ1) is 20.9. The largest absolute Gasteiger partial charge is 0.368 e. The van der Waals surface area contributed by atoms with E-state index in [4.69, 9.17) is 0 Å². The van der Waals surface area contributed by atoms with Crippen LogP contribution in [0.25, 0.3) is 0 Å². The molecule has 0 spiro atoms. The minimum atomic E-state index is -0.737. The summed E-state index contributed by atoms with van der Waals surface area (Å²) in [5.41, 5.74) is 1.60. The molecular formula is C22H26FN5O4. The van der Waals surface area contributed by atoms with Crippen molar-refractivity contribution in [2.45, 2.75) is 25.4 Å². The molecule has 170 valence electrons. The van der Waals surface area contributed by atoms with Crippen LogP contribution in [0, 0.1) is 11.7 Å². The maximum Gasteiger partial charge on any atom is 0.255 e. The molecule has 1 aromatic rings. The molecule has 0 aromatic heterocycles. The van der Waals surface area contributed by atoms with Crippen LogP contribution < -0.4 is 10.2 Å². The molecule has 4 heterocycles.